The van der Waals surface area contributed by atoms with E-state index in [2.05, 4.69) is 5.32 Å². The molecule has 1 heterocycles. The molecule has 0 saturated carbocycles. The van der Waals surface area contributed by atoms with Gasteiger partial charge < -0.3 is 10.2 Å². The Morgan fingerprint density at radius 1 is 1.32 bits per heavy atom. The lowest BCUT2D eigenvalue weighted by Crippen LogP contribution is -2.68. The lowest BCUT2D eigenvalue weighted by molar-refractivity contribution is -0.155. The van der Waals surface area contributed by atoms with Gasteiger partial charge in [0, 0.05) is 12.8 Å². The molecule has 0 radical (unpaired) electrons. The second kappa shape index (κ2) is 5.48. The predicted molar refractivity (Wildman–Crippen MR) is 72.3 cm³/mol. The summed E-state index contributed by atoms with van der Waals surface area (Å²) in [6, 6.07) is -0.537. The Morgan fingerprint density at radius 3 is 2.37 bits per heavy atom. The first-order valence-corrected chi connectivity index (χ1v) is 8.46. The second-order valence-corrected chi connectivity index (χ2v) is 7.75. The largest absolute Gasteiger partial charge is 0.342 e. The Labute approximate surface area is 114 Å². The van der Waals surface area contributed by atoms with E-state index >= 15 is 0 Å². The number of rotatable bonds is 5. The van der Waals surface area contributed by atoms with E-state index in [1.807, 2.05) is 6.92 Å². The van der Waals surface area contributed by atoms with Crippen LogP contribution in [0, 0.1) is 0 Å². The number of amides is 2. The van der Waals surface area contributed by atoms with Crippen molar-refractivity contribution in [2.75, 3.05) is 18.6 Å². The lowest BCUT2D eigenvalue weighted by Gasteiger charge is -2.44. The van der Waals surface area contributed by atoms with Crippen molar-refractivity contribution in [2.45, 2.75) is 45.2 Å². The van der Waals surface area contributed by atoms with Crippen LogP contribution in [0.5, 0.6) is 0 Å². The van der Waals surface area contributed by atoms with Crippen LogP contribution in [-0.4, -0.2) is 55.3 Å². The monoisotopic (exact) mass is 290 g/mol. The van der Waals surface area contributed by atoms with Crippen molar-refractivity contribution < 1.29 is 18.0 Å². The van der Waals surface area contributed by atoms with Crippen LogP contribution in [0.4, 0.5) is 0 Å². The Hall–Kier alpha value is -1.11. The highest BCUT2D eigenvalue weighted by Crippen LogP contribution is 2.22. The molecular formula is C12H22N2O4S. The van der Waals surface area contributed by atoms with Gasteiger partial charge in [-0.05, 0) is 20.3 Å². The molecule has 0 aromatic carbocycles. The number of carbonyl (C=O) groups excluding carboxylic acids is 2. The van der Waals surface area contributed by atoms with Crippen LogP contribution in [0.3, 0.4) is 0 Å². The molecule has 7 heteroatoms. The molecular weight excluding hydrogens is 268 g/mol. The SMILES string of the molecule is CCCC1NC(=O)C(C)(C)N(CCS(C)(=O)=O)C1=O. The lowest BCUT2D eigenvalue weighted by atomic mass is 9.94. The van der Waals surface area contributed by atoms with Gasteiger partial charge in [-0.25, -0.2) is 8.42 Å². The number of hydrogen-bond acceptors (Lipinski definition) is 4. The minimum Gasteiger partial charge on any atom is -0.342 e. The predicted octanol–water partition coefficient (Wildman–Crippen LogP) is -0.0633. The summed E-state index contributed by atoms with van der Waals surface area (Å²) < 4.78 is 22.5. The average molecular weight is 290 g/mol. The Kier molecular flexibility index (Phi) is 4.60. The molecule has 6 nitrogen and oxygen atoms in total. The van der Waals surface area contributed by atoms with Crippen molar-refractivity contribution >= 4 is 21.7 Å². The van der Waals surface area contributed by atoms with Gasteiger partial charge in [0.15, 0.2) is 0 Å². The van der Waals surface area contributed by atoms with Crippen LogP contribution in [0.25, 0.3) is 0 Å². The number of hydrogen-bond donors (Lipinski definition) is 1. The minimum atomic E-state index is -3.17. The molecule has 19 heavy (non-hydrogen) atoms. The van der Waals surface area contributed by atoms with Gasteiger partial charge in [-0.2, -0.15) is 0 Å². The van der Waals surface area contributed by atoms with Crippen LogP contribution >= 0.6 is 0 Å². The van der Waals surface area contributed by atoms with Crippen molar-refractivity contribution in [3.05, 3.63) is 0 Å². The summed E-state index contributed by atoms with van der Waals surface area (Å²) in [5, 5.41) is 2.70. The van der Waals surface area contributed by atoms with Crippen molar-refractivity contribution in [1.82, 2.24) is 10.2 Å². The van der Waals surface area contributed by atoms with Crippen molar-refractivity contribution in [3.63, 3.8) is 0 Å². The number of carbonyl (C=O) groups is 2. The zero-order chi connectivity index (χ0) is 14.8. The van der Waals surface area contributed by atoms with Crippen LogP contribution in [0.15, 0.2) is 0 Å². The smallest absolute Gasteiger partial charge is 0.246 e. The topological polar surface area (TPSA) is 83.6 Å². The number of nitrogens with zero attached hydrogens (tertiary/aromatic N) is 1. The molecule has 1 N–H and O–H groups in total. The number of piperazine rings is 1. The van der Waals surface area contributed by atoms with E-state index in [0.717, 1.165) is 12.7 Å². The van der Waals surface area contributed by atoms with E-state index in [-0.39, 0.29) is 24.1 Å². The number of nitrogens with one attached hydrogen (secondary N) is 1. The van der Waals surface area contributed by atoms with Gasteiger partial charge in [0.05, 0.1) is 5.75 Å². The first-order chi connectivity index (χ1) is 8.59. The zero-order valence-corrected chi connectivity index (χ0v) is 12.7. The molecule has 1 aliphatic heterocycles. The van der Waals surface area contributed by atoms with Crippen molar-refractivity contribution in [1.29, 1.82) is 0 Å². The molecule has 0 bridgehead atoms. The summed E-state index contributed by atoms with van der Waals surface area (Å²) in [5.41, 5.74) is -1.01. The van der Waals surface area contributed by atoms with Crippen LogP contribution in [0.2, 0.25) is 0 Å². The third-order valence-electron chi connectivity index (χ3n) is 3.36. The number of sulfone groups is 1. The second-order valence-electron chi connectivity index (χ2n) is 5.49. The molecule has 110 valence electrons. The van der Waals surface area contributed by atoms with Gasteiger partial charge in [-0.3, -0.25) is 9.59 Å². The summed E-state index contributed by atoms with van der Waals surface area (Å²) in [6.45, 7) is 5.24. The summed E-state index contributed by atoms with van der Waals surface area (Å²) in [6.07, 6.45) is 2.46. The molecule has 1 unspecified atom stereocenters. The van der Waals surface area contributed by atoms with E-state index in [1.165, 1.54) is 4.90 Å². The third-order valence-corrected chi connectivity index (χ3v) is 4.29. The van der Waals surface area contributed by atoms with Gasteiger partial charge in [-0.1, -0.05) is 13.3 Å². The standard InChI is InChI=1S/C12H22N2O4S/c1-5-6-9-10(15)14(7-8-19(4,17)18)12(2,3)11(16)13-9/h9H,5-8H2,1-4H3,(H,13,16). The highest BCUT2D eigenvalue weighted by Gasteiger charge is 2.45. The fraction of sp³-hybridized carbons (Fsp3) is 0.833. The zero-order valence-electron chi connectivity index (χ0n) is 11.9. The van der Waals surface area contributed by atoms with Crippen LogP contribution in [0.1, 0.15) is 33.6 Å². The Balaban J connectivity index is 2.94. The first kappa shape index (κ1) is 15.9. The highest BCUT2D eigenvalue weighted by molar-refractivity contribution is 7.90. The molecule has 0 aromatic rings. The molecule has 0 spiro atoms. The van der Waals surface area contributed by atoms with Gasteiger partial charge in [0.25, 0.3) is 0 Å². The van der Waals surface area contributed by atoms with E-state index < -0.39 is 21.4 Å². The molecule has 0 aromatic heterocycles. The quantitative estimate of drug-likeness (QED) is 0.768. The van der Waals surface area contributed by atoms with Crippen molar-refractivity contribution in [2.24, 2.45) is 0 Å². The maximum atomic E-state index is 12.3. The van der Waals surface area contributed by atoms with Gasteiger partial charge in [0.1, 0.15) is 21.4 Å². The fourth-order valence-electron chi connectivity index (χ4n) is 2.11. The summed E-state index contributed by atoms with van der Waals surface area (Å²) in [7, 11) is -3.17. The first-order valence-electron chi connectivity index (χ1n) is 6.39. The Bertz CT molecular complexity index is 470. The highest BCUT2D eigenvalue weighted by atomic mass is 32.2. The van der Waals surface area contributed by atoms with E-state index in [0.29, 0.717) is 6.42 Å². The van der Waals surface area contributed by atoms with Gasteiger partial charge >= 0.3 is 0 Å². The average Bonchev–Trinajstić information content (AvgIpc) is 2.24. The Morgan fingerprint density at radius 2 is 1.89 bits per heavy atom. The molecule has 1 fully saturated rings. The van der Waals surface area contributed by atoms with Crippen LogP contribution < -0.4 is 5.32 Å². The fourth-order valence-corrected chi connectivity index (χ4v) is 2.63. The van der Waals surface area contributed by atoms with E-state index in [9.17, 15) is 18.0 Å². The maximum Gasteiger partial charge on any atom is 0.246 e. The summed E-state index contributed by atoms with van der Waals surface area (Å²) in [4.78, 5) is 25.7. The molecule has 1 rings (SSSR count). The normalized spacial score (nSPS) is 23.4. The van der Waals surface area contributed by atoms with Gasteiger partial charge in [0.2, 0.25) is 11.8 Å². The summed E-state index contributed by atoms with van der Waals surface area (Å²) in [5.74, 6) is -0.567. The van der Waals surface area contributed by atoms with E-state index in [1.54, 1.807) is 13.8 Å². The van der Waals surface area contributed by atoms with Crippen molar-refractivity contribution in [3.8, 4) is 0 Å². The molecule has 2 amide bonds. The third kappa shape index (κ3) is 3.68. The van der Waals surface area contributed by atoms with Gasteiger partial charge in [-0.15, -0.1) is 0 Å². The van der Waals surface area contributed by atoms with E-state index in [4.69, 9.17) is 0 Å². The minimum absolute atomic E-state index is 0.0539. The summed E-state index contributed by atoms with van der Waals surface area (Å²) >= 11 is 0. The molecule has 1 aliphatic rings. The van der Waals surface area contributed by atoms with Crippen LogP contribution in [-0.2, 0) is 19.4 Å². The molecule has 1 saturated heterocycles. The maximum absolute atomic E-state index is 12.3. The molecule has 1 atom stereocenters. The molecule has 0 aliphatic carbocycles.